The molecule has 0 N–H and O–H groups in total. The fourth-order valence-electron chi connectivity index (χ4n) is 4.89. The number of hydrogen-bond acceptors (Lipinski definition) is 5. The number of rotatable bonds is 5. The van der Waals surface area contributed by atoms with E-state index in [0.717, 1.165) is 5.56 Å². The van der Waals surface area contributed by atoms with Crippen molar-refractivity contribution < 1.29 is 18.7 Å². The van der Waals surface area contributed by atoms with Crippen molar-refractivity contribution >= 4 is 16.7 Å². The van der Waals surface area contributed by atoms with E-state index in [0.29, 0.717) is 58.7 Å². The second-order valence-corrected chi connectivity index (χ2v) is 9.08. The predicted octanol–water partition coefficient (Wildman–Crippen LogP) is 4.51. The fourth-order valence-corrected chi connectivity index (χ4v) is 4.89. The highest BCUT2D eigenvalue weighted by molar-refractivity contribution is 6.08. The first-order valence-corrected chi connectivity index (χ1v) is 11.7. The first-order valence-electron chi connectivity index (χ1n) is 11.7. The smallest absolute Gasteiger partial charge is 0.271 e. The number of pyridine rings is 2. The van der Waals surface area contributed by atoms with E-state index in [9.17, 15) is 14.0 Å². The Bertz CT molecular complexity index is 1490. The number of amides is 1. The Morgan fingerprint density at radius 1 is 0.972 bits per heavy atom. The maximum absolute atomic E-state index is 14.2. The van der Waals surface area contributed by atoms with Crippen molar-refractivity contribution in [3.8, 4) is 22.6 Å². The van der Waals surface area contributed by atoms with Gasteiger partial charge in [0, 0.05) is 49.0 Å². The molecule has 2 aromatic heterocycles. The van der Waals surface area contributed by atoms with Crippen molar-refractivity contribution in [2.24, 2.45) is 5.92 Å². The first-order chi connectivity index (χ1) is 17.4. The van der Waals surface area contributed by atoms with Crippen LogP contribution in [0.2, 0.25) is 0 Å². The van der Waals surface area contributed by atoms with Gasteiger partial charge in [0.1, 0.15) is 23.0 Å². The van der Waals surface area contributed by atoms with Crippen molar-refractivity contribution in [3.05, 3.63) is 88.4 Å². The van der Waals surface area contributed by atoms with Gasteiger partial charge >= 0.3 is 0 Å². The third kappa shape index (κ3) is 4.19. The molecule has 4 aromatic rings. The number of carbonyl (C=O) groups is 1. The Labute approximate surface area is 207 Å². The third-order valence-electron chi connectivity index (χ3n) is 6.51. The van der Waals surface area contributed by atoms with Crippen LogP contribution in [0.5, 0.6) is 11.5 Å². The number of nitrogens with zero attached hydrogens (tertiary/aromatic N) is 3. The molecule has 0 unspecified atom stereocenters. The minimum Gasteiger partial charge on any atom is -0.497 e. The Morgan fingerprint density at radius 3 is 2.33 bits per heavy atom. The largest absolute Gasteiger partial charge is 0.497 e. The van der Waals surface area contributed by atoms with Crippen LogP contribution in [0, 0.1) is 11.7 Å². The van der Waals surface area contributed by atoms with Crippen LogP contribution in [0.1, 0.15) is 23.0 Å². The first kappa shape index (κ1) is 23.5. The highest BCUT2D eigenvalue weighted by Crippen LogP contribution is 2.34. The molecule has 0 radical (unpaired) electrons. The van der Waals surface area contributed by atoms with Crippen LogP contribution >= 0.6 is 0 Å². The third-order valence-corrected chi connectivity index (χ3v) is 6.51. The molecule has 3 heterocycles. The summed E-state index contributed by atoms with van der Waals surface area (Å²) in [5.41, 5.74) is 2.13. The van der Waals surface area contributed by atoms with Crippen LogP contribution in [0.4, 0.5) is 4.39 Å². The van der Waals surface area contributed by atoms with Gasteiger partial charge in [-0.15, -0.1) is 0 Å². The van der Waals surface area contributed by atoms with E-state index in [1.54, 1.807) is 54.1 Å². The number of carbonyl (C=O) groups excluding carboxylic acids is 1. The molecule has 7 nitrogen and oxygen atoms in total. The van der Waals surface area contributed by atoms with Crippen LogP contribution in [-0.4, -0.2) is 41.1 Å². The molecule has 1 amide bonds. The summed E-state index contributed by atoms with van der Waals surface area (Å²) < 4.78 is 26.1. The summed E-state index contributed by atoms with van der Waals surface area (Å²) in [6.07, 6.45) is 3.12. The van der Waals surface area contributed by atoms with Gasteiger partial charge < -0.3 is 18.9 Å². The van der Waals surface area contributed by atoms with E-state index >= 15 is 0 Å². The maximum Gasteiger partial charge on any atom is 0.271 e. The van der Waals surface area contributed by atoms with Crippen molar-refractivity contribution in [2.45, 2.75) is 20.0 Å². The van der Waals surface area contributed by atoms with Crippen molar-refractivity contribution in [2.75, 3.05) is 20.8 Å². The van der Waals surface area contributed by atoms with E-state index < -0.39 is 0 Å². The molecule has 1 aliphatic heterocycles. The quantitative estimate of drug-likeness (QED) is 0.414. The van der Waals surface area contributed by atoms with Gasteiger partial charge in [-0.25, -0.2) is 4.39 Å². The summed E-state index contributed by atoms with van der Waals surface area (Å²) >= 11 is 0. The summed E-state index contributed by atoms with van der Waals surface area (Å²) in [7, 11) is 3.16. The number of fused-ring (bicyclic) bond motifs is 2. The Kier molecular flexibility index (Phi) is 6.18. The summed E-state index contributed by atoms with van der Waals surface area (Å²) in [6.45, 7) is 3.15. The molecule has 5 rings (SSSR count). The second-order valence-electron chi connectivity index (χ2n) is 9.08. The van der Waals surface area contributed by atoms with Crippen molar-refractivity contribution in [1.29, 1.82) is 0 Å². The molecule has 1 atom stereocenters. The predicted molar refractivity (Wildman–Crippen MR) is 135 cm³/mol. The molecule has 0 fully saturated rings. The zero-order valence-electron chi connectivity index (χ0n) is 20.3. The number of hydrogen-bond donors (Lipinski definition) is 0. The lowest BCUT2D eigenvalue weighted by Gasteiger charge is -2.24. The highest BCUT2D eigenvalue weighted by atomic mass is 19.1. The van der Waals surface area contributed by atoms with Crippen LogP contribution < -0.4 is 15.0 Å². The van der Waals surface area contributed by atoms with E-state index in [1.165, 1.54) is 18.3 Å². The number of halogens is 1. The van der Waals surface area contributed by atoms with Gasteiger partial charge in [0.25, 0.3) is 11.5 Å². The SMILES string of the molecule is COc1cc(CN2C[C@H](C)Cn3c(c(-c4ccc(F)cc4)c4ccncc4c3=O)C2=O)cc(OC)c1. The van der Waals surface area contributed by atoms with Gasteiger partial charge in [0.05, 0.1) is 19.6 Å². The van der Waals surface area contributed by atoms with Crippen LogP contribution in [0.3, 0.4) is 0 Å². The minimum absolute atomic E-state index is 0.00981. The molecule has 36 heavy (non-hydrogen) atoms. The lowest BCUT2D eigenvalue weighted by Crippen LogP contribution is -2.34. The van der Waals surface area contributed by atoms with E-state index in [-0.39, 0.29) is 23.2 Å². The number of ether oxygens (including phenoxy) is 2. The molecule has 0 saturated carbocycles. The molecular weight excluding hydrogens is 461 g/mol. The minimum atomic E-state index is -0.377. The second kappa shape index (κ2) is 9.45. The molecule has 184 valence electrons. The average molecular weight is 488 g/mol. The lowest BCUT2D eigenvalue weighted by molar-refractivity contribution is 0.0729. The molecular formula is C28H26FN3O4. The Morgan fingerprint density at radius 2 is 1.67 bits per heavy atom. The topological polar surface area (TPSA) is 73.7 Å². The van der Waals surface area contributed by atoms with Gasteiger partial charge in [-0.05, 0) is 47.4 Å². The molecule has 0 spiro atoms. The van der Waals surface area contributed by atoms with Gasteiger partial charge in [-0.3, -0.25) is 14.6 Å². The highest BCUT2D eigenvalue weighted by Gasteiger charge is 2.31. The van der Waals surface area contributed by atoms with E-state index in [4.69, 9.17) is 9.47 Å². The standard InChI is InChI=1S/C28H26FN3O4/c1-17-14-31(16-18-10-21(35-2)12-22(11-18)36-3)28(34)26-25(19-4-6-20(29)7-5-19)23-8-9-30-13-24(23)27(33)32(26)15-17/h4-13,17H,14-16H2,1-3H3/t17-/m0/s1. The average Bonchev–Trinajstić information content (AvgIpc) is 3.01. The van der Waals surface area contributed by atoms with E-state index in [2.05, 4.69) is 4.98 Å². The number of benzene rings is 2. The molecule has 8 heteroatoms. The maximum atomic E-state index is 14.2. The molecule has 2 aromatic carbocycles. The number of methoxy groups -OCH3 is 2. The van der Waals surface area contributed by atoms with Crippen molar-refractivity contribution in [3.63, 3.8) is 0 Å². The molecule has 0 saturated heterocycles. The van der Waals surface area contributed by atoms with Gasteiger partial charge in [0.15, 0.2) is 0 Å². The zero-order chi connectivity index (χ0) is 25.4. The summed E-state index contributed by atoms with van der Waals surface area (Å²) in [5, 5.41) is 1.03. The van der Waals surface area contributed by atoms with E-state index in [1.807, 2.05) is 19.1 Å². The molecule has 1 aliphatic rings. The monoisotopic (exact) mass is 487 g/mol. The Balaban J connectivity index is 1.71. The van der Waals surface area contributed by atoms with Gasteiger partial charge in [0.2, 0.25) is 0 Å². The zero-order valence-corrected chi connectivity index (χ0v) is 20.3. The van der Waals surface area contributed by atoms with Gasteiger partial charge in [-0.1, -0.05) is 19.1 Å². The summed E-state index contributed by atoms with van der Waals surface area (Å²) in [4.78, 5) is 33.6. The molecule has 0 bridgehead atoms. The summed E-state index contributed by atoms with van der Waals surface area (Å²) in [6, 6.07) is 13.2. The van der Waals surface area contributed by atoms with Crippen molar-refractivity contribution in [1.82, 2.24) is 14.5 Å². The normalized spacial score (nSPS) is 15.5. The summed E-state index contributed by atoms with van der Waals surface area (Å²) in [5.74, 6) is 0.618. The molecule has 0 aliphatic carbocycles. The Hall–Kier alpha value is -4.20. The van der Waals surface area contributed by atoms with Crippen LogP contribution in [0.15, 0.2) is 65.7 Å². The number of aromatic nitrogens is 2. The van der Waals surface area contributed by atoms with Gasteiger partial charge in [-0.2, -0.15) is 0 Å². The van der Waals surface area contributed by atoms with Crippen LogP contribution in [0.25, 0.3) is 21.9 Å². The lowest BCUT2D eigenvalue weighted by atomic mass is 9.97. The van der Waals surface area contributed by atoms with Crippen LogP contribution in [-0.2, 0) is 13.1 Å². The fraction of sp³-hybridized carbons (Fsp3) is 0.250.